The van der Waals surface area contributed by atoms with Crippen LogP contribution in [0.2, 0.25) is 10.0 Å². The maximum absolute atomic E-state index is 12.9. The Labute approximate surface area is 161 Å². The molecule has 1 spiro atoms. The zero-order chi connectivity index (χ0) is 18.6. The van der Waals surface area contributed by atoms with Gasteiger partial charge in [-0.15, -0.1) is 0 Å². The third kappa shape index (κ3) is 2.55. The number of carbonyl (C=O) groups excluding carboxylic acids is 2. The predicted octanol–water partition coefficient (Wildman–Crippen LogP) is 3.15. The van der Waals surface area contributed by atoms with E-state index in [1.165, 1.54) is 0 Å². The largest absolute Gasteiger partial charge is 0.351 e. The lowest BCUT2D eigenvalue weighted by molar-refractivity contribution is 0.0607. The minimum Gasteiger partial charge on any atom is -0.351 e. The number of aryl methyl sites for hydroxylation is 1. The Hall–Kier alpha value is -1.92. The molecule has 2 fully saturated rings. The van der Waals surface area contributed by atoms with E-state index >= 15 is 0 Å². The second-order valence-electron chi connectivity index (χ2n) is 7.32. The normalized spacial score (nSPS) is 24.9. The minimum atomic E-state index is -0.390. The van der Waals surface area contributed by atoms with Crippen molar-refractivity contribution in [3.8, 4) is 0 Å². The van der Waals surface area contributed by atoms with Gasteiger partial charge in [-0.05, 0) is 37.5 Å². The van der Waals surface area contributed by atoms with Crippen molar-refractivity contribution < 1.29 is 9.59 Å². The average Bonchev–Trinajstić information content (AvgIpc) is 3.19. The number of hydrogen-bond donors (Lipinski definition) is 2. The number of rotatable bonds is 2. The number of nitrogens with zero attached hydrogens (tertiary/aromatic N) is 2. The molecule has 2 unspecified atom stereocenters. The van der Waals surface area contributed by atoms with Gasteiger partial charge in [0.25, 0.3) is 5.91 Å². The van der Waals surface area contributed by atoms with Crippen LogP contribution in [0.15, 0.2) is 18.2 Å². The van der Waals surface area contributed by atoms with Crippen LogP contribution >= 0.6 is 23.2 Å². The maximum atomic E-state index is 12.9. The van der Waals surface area contributed by atoms with Crippen molar-refractivity contribution in [3.05, 3.63) is 33.9 Å². The number of primary amides is 1. The molecule has 8 heteroatoms. The molecule has 3 amide bonds. The molecule has 1 aromatic carbocycles. The van der Waals surface area contributed by atoms with E-state index in [1.807, 2.05) is 17.7 Å². The highest BCUT2D eigenvalue weighted by Gasteiger charge is 2.52. The lowest BCUT2D eigenvalue weighted by atomic mass is 9.64. The molecule has 1 aliphatic carbocycles. The third-order valence-electron chi connectivity index (χ3n) is 6.02. The number of carbonyl (C=O) groups is 2. The van der Waals surface area contributed by atoms with Gasteiger partial charge >= 0.3 is 6.03 Å². The minimum absolute atomic E-state index is 0.0454. The van der Waals surface area contributed by atoms with E-state index in [9.17, 15) is 9.59 Å². The number of halogens is 2. The Morgan fingerprint density at radius 1 is 1.31 bits per heavy atom. The van der Waals surface area contributed by atoms with Gasteiger partial charge in [-0.3, -0.25) is 4.79 Å². The summed E-state index contributed by atoms with van der Waals surface area (Å²) in [7, 11) is 1.84. The fraction of sp³-hybridized carbons (Fsp3) is 0.444. The summed E-state index contributed by atoms with van der Waals surface area (Å²) in [5.41, 5.74) is 6.75. The Balaban J connectivity index is 1.56. The van der Waals surface area contributed by atoms with Crippen LogP contribution in [0.3, 0.4) is 0 Å². The molecule has 0 bridgehead atoms. The van der Waals surface area contributed by atoms with Gasteiger partial charge in [0.1, 0.15) is 5.69 Å². The fourth-order valence-electron chi connectivity index (χ4n) is 4.29. The highest BCUT2D eigenvalue weighted by Crippen LogP contribution is 2.48. The fourth-order valence-corrected chi connectivity index (χ4v) is 4.67. The van der Waals surface area contributed by atoms with Crippen LogP contribution in [0, 0.1) is 5.41 Å². The molecular formula is C18H20Cl2N4O2. The number of nitrogens with two attached hydrogens (primary N) is 1. The number of urea groups is 1. The highest BCUT2D eigenvalue weighted by molar-refractivity contribution is 6.45. The number of aromatic nitrogens is 1. The standard InChI is InChI=1S/C18H20Cl2N4O2/c1-23-12-3-2-11(19)15(20)10(12)8-13(23)16(25)22-14-4-5-18(14)6-7-24(9-18)17(21)26/h2-3,8,14H,4-7,9H2,1H3,(H2,21,26)(H,22,25). The van der Waals surface area contributed by atoms with Gasteiger partial charge in [-0.2, -0.15) is 0 Å². The van der Waals surface area contributed by atoms with E-state index in [1.54, 1.807) is 17.0 Å². The molecule has 2 aliphatic rings. The Kier molecular flexibility index (Phi) is 4.08. The lowest BCUT2D eigenvalue weighted by Gasteiger charge is -2.47. The molecule has 138 valence electrons. The van der Waals surface area contributed by atoms with Crippen molar-refractivity contribution in [1.29, 1.82) is 0 Å². The summed E-state index contributed by atoms with van der Waals surface area (Å²) in [6, 6.07) is 5.02. The molecule has 3 N–H and O–H groups in total. The monoisotopic (exact) mass is 394 g/mol. The van der Waals surface area contributed by atoms with Crippen molar-refractivity contribution in [3.63, 3.8) is 0 Å². The van der Waals surface area contributed by atoms with Gasteiger partial charge < -0.3 is 20.5 Å². The number of amides is 3. The molecule has 6 nitrogen and oxygen atoms in total. The van der Waals surface area contributed by atoms with Crippen molar-refractivity contribution in [1.82, 2.24) is 14.8 Å². The predicted molar refractivity (Wildman–Crippen MR) is 102 cm³/mol. The zero-order valence-electron chi connectivity index (χ0n) is 14.4. The molecule has 1 aliphatic heterocycles. The van der Waals surface area contributed by atoms with Crippen LogP contribution in [0.5, 0.6) is 0 Å². The zero-order valence-corrected chi connectivity index (χ0v) is 15.9. The molecule has 4 rings (SSSR count). The number of hydrogen-bond acceptors (Lipinski definition) is 2. The number of fused-ring (bicyclic) bond motifs is 1. The molecule has 1 aromatic heterocycles. The first-order chi connectivity index (χ1) is 12.3. The van der Waals surface area contributed by atoms with Gasteiger partial charge in [-0.1, -0.05) is 23.2 Å². The molecule has 2 heterocycles. The summed E-state index contributed by atoms with van der Waals surface area (Å²) in [5.74, 6) is -0.141. The van der Waals surface area contributed by atoms with Crippen molar-refractivity contribution >= 4 is 46.0 Å². The van der Waals surface area contributed by atoms with E-state index in [0.717, 1.165) is 30.2 Å². The van der Waals surface area contributed by atoms with Crippen LogP contribution in [0.4, 0.5) is 4.79 Å². The summed E-state index contributed by atoms with van der Waals surface area (Å²) in [5, 5.41) is 4.82. The van der Waals surface area contributed by atoms with Gasteiger partial charge in [0.2, 0.25) is 0 Å². The SMILES string of the molecule is Cn1c(C(=O)NC2CCC23CCN(C(N)=O)C3)cc2c(Cl)c(Cl)ccc21. The number of nitrogens with one attached hydrogen (secondary N) is 1. The van der Waals surface area contributed by atoms with E-state index in [-0.39, 0.29) is 23.4 Å². The van der Waals surface area contributed by atoms with E-state index < -0.39 is 0 Å². The smallest absolute Gasteiger partial charge is 0.314 e. The Morgan fingerprint density at radius 2 is 2.08 bits per heavy atom. The molecule has 1 saturated carbocycles. The first-order valence-electron chi connectivity index (χ1n) is 8.61. The quantitative estimate of drug-likeness (QED) is 0.819. The van der Waals surface area contributed by atoms with Crippen LogP contribution < -0.4 is 11.1 Å². The molecule has 0 radical (unpaired) electrons. The van der Waals surface area contributed by atoms with Crippen LogP contribution in [0.25, 0.3) is 10.9 Å². The average molecular weight is 395 g/mol. The number of benzene rings is 1. The van der Waals surface area contributed by atoms with Crippen LogP contribution in [-0.2, 0) is 7.05 Å². The molecular weight excluding hydrogens is 375 g/mol. The van der Waals surface area contributed by atoms with Crippen molar-refractivity contribution in [2.24, 2.45) is 18.2 Å². The maximum Gasteiger partial charge on any atom is 0.314 e. The number of likely N-dealkylation sites (tertiary alicyclic amines) is 1. The van der Waals surface area contributed by atoms with Crippen molar-refractivity contribution in [2.75, 3.05) is 13.1 Å². The summed E-state index contributed by atoms with van der Waals surface area (Å²) in [4.78, 5) is 26.0. The Morgan fingerprint density at radius 3 is 2.69 bits per heavy atom. The van der Waals surface area contributed by atoms with E-state index in [2.05, 4.69) is 5.32 Å². The highest BCUT2D eigenvalue weighted by atomic mass is 35.5. The second kappa shape index (κ2) is 6.06. The summed E-state index contributed by atoms with van der Waals surface area (Å²) >= 11 is 12.4. The summed E-state index contributed by atoms with van der Waals surface area (Å²) < 4.78 is 1.82. The lowest BCUT2D eigenvalue weighted by Crippen LogP contribution is -2.57. The Bertz CT molecular complexity index is 926. The first kappa shape index (κ1) is 17.5. The molecule has 2 atom stereocenters. The van der Waals surface area contributed by atoms with E-state index in [4.69, 9.17) is 28.9 Å². The second-order valence-corrected chi connectivity index (χ2v) is 8.10. The molecule has 1 saturated heterocycles. The van der Waals surface area contributed by atoms with Crippen LogP contribution in [-0.4, -0.2) is 40.5 Å². The van der Waals surface area contributed by atoms with E-state index in [0.29, 0.717) is 28.8 Å². The topological polar surface area (TPSA) is 80.4 Å². The third-order valence-corrected chi connectivity index (χ3v) is 6.84. The first-order valence-corrected chi connectivity index (χ1v) is 9.37. The molecule has 2 aromatic rings. The summed E-state index contributed by atoms with van der Waals surface area (Å²) in [6.45, 7) is 1.27. The summed E-state index contributed by atoms with van der Waals surface area (Å²) in [6.07, 6.45) is 2.78. The van der Waals surface area contributed by atoms with Gasteiger partial charge in [-0.25, -0.2) is 4.79 Å². The van der Waals surface area contributed by atoms with Gasteiger partial charge in [0.15, 0.2) is 0 Å². The molecule has 26 heavy (non-hydrogen) atoms. The van der Waals surface area contributed by atoms with Gasteiger partial charge in [0.05, 0.1) is 10.0 Å². The van der Waals surface area contributed by atoms with Crippen molar-refractivity contribution in [2.45, 2.75) is 25.3 Å². The van der Waals surface area contributed by atoms with Crippen LogP contribution in [0.1, 0.15) is 29.8 Å². The van der Waals surface area contributed by atoms with Gasteiger partial charge in [0, 0.05) is 42.5 Å².